The van der Waals surface area contributed by atoms with Gasteiger partial charge in [0.05, 0.1) is 0 Å². The third-order valence-corrected chi connectivity index (χ3v) is 6.43. The number of halogens is 6. The molecule has 0 bridgehead atoms. The summed E-state index contributed by atoms with van der Waals surface area (Å²) in [5, 5.41) is 0. The lowest BCUT2D eigenvalue weighted by Crippen LogP contribution is -2.07. The molecule has 2 aliphatic rings. The van der Waals surface area contributed by atoms with E-state index >= 15 is 0 Å². The first-order chi connectivity index (χ1) is 18.1. The number of rotatable bonds is 3. The van der Waals surface area contributed by atoms with E-state index in [1.807, 2.05) is 6.92 Å². The quantitative estimate of drug-likeness (QED) is 0.293. The molecule has 1 saturated carbocycles. The Balaban J connectivity index is 0.000000317. The first-order valence-corrected chi connectivity index (χ1v) is 12.1. The highest BCUT2D eigenvalue weighted by molar-refractivity contribution is 5.70. The second-order valence-corrected chi connectivity index (χ2v) is 8.68. The second-order valence-electron chi connectivity index (χ2n) is 8.68. The van der Waals surface area contributed by atoms with Gasteiger partial charge in [-0.05, 0) is 74.1 Å². The SMILES string of the molecule is CCC1=C(c2cc(F)c(F)cc2F)CCCC1.Fc1cc(F)c(C2CCCCC2)cc1F.O=C=O.O=C=O. The van der Waals surface area contributed by atoms with Gasteiger partial charge in [-0.25, -0.2) is 26.3 Å². The molecule has 0 aliphatic heterocycles. The first kappa shape index (κ1) is 32.5. The second kappa shape index (κ2) is 17.1. The molecule has 10 heteroatoms. The summed E-state index contributed by atoms with van der Waals surface area (Å²) in [6, 6.07) is 3.29. The monoisotopic (exact) mass is 542 g/mol. The van der Waals surface area contributed by atoms with Crippen molar-refractivity contribution in [3.05, 3.63) is 75.9 Å². The molecule has 2 aliphatic carbocycles. The van der Waals surface area contributed by atoms with Crippen LogP contribution in [0.15, 0.2) is 29.8 Å². The van der Waals surface area contributed by atoms with E-state index in [0.29, 0.717) is 17.7 Å². The largest absolute Gasteiger partial charge is 0.373 e. The summed E-state index contributed by atoms with van der Waals surface area (Å²) in [6.07, 6.45) is 10.1. The number of carbonyl (C=O) groups excluding carboxylic acids is 4. The van der Waals surface area contributed by atoms with Gasteiger partial charge in [0.15, 0.2) is 23.3 Å². The van der Waals surface area contributed by atoms with Crippen LogP contribution in [-0.2, 0) is 19.2 Å². The van der Waals surface area contributed by atoms with Crippen LogP contribution in [0.25, 0.3) is 5.57 Å². The maximum absolute atomic E-state index is 13.7. The van der Waals surface area contributed by atoms with Gasteiger partial charge in [0, 0.05) is 17.7 Å². The van der Waals surface area contributed by atoms with Gasteiger partial charge in [0.2, 0.25) is 0 Å². The fourth-order valence-electron chi connectivity index (χ4n) is 4.70. The first-order valence-electron chi connectivity index (χ1n) is 12.1. The van der Waals surface area contributed by atoms with Crippen molar-refractivity contribution < 1.29 is 45.5 Å². The zero-order valence-corrected chi connectivity index (χ0v) is 20.9. The summed E-state index contributed by atoms with van der Waals surface area (Å²) >= 11 is 0. The van der Waals surface area contributed by atoms with Gasteiger partial charge >= 0.3 is 12.3 Å². The highest BCUT2D eigenvalue weighted by Gasteiger charge is 2.21. The summed E-state index contributed by atoms with van der Waals surface area (Å²) in [5.74, 6) is -5.36. The fourth-order valence-corrected chi connectivity index (χ4v) is 4.70. The van der Waals surface area contributed by atoms with Crippen LogP contribution in [0, 0.1) is 34.9 Å². The van der Waals surface area contributed by atoms with Crippen molar-refractivity contribution in [1.82, 2.24) is 0 Å². The van der Waals surface area contributed by atoms with Crippen molar-refractivity contribution >= 4 is 17.9 Å². The third kappa shape index (κ3) is 9.77. The fraction of sp³-hybridized carbons (Fsp3) is 0.429. The molecule has 0 radical (unpaired) electrons. The highest BCUT2D eigenvalue weighted by Crippen LogP contribution is 2.36. The van der Waals surface area contributed by atoms with Crippen LogP contribution in [0.5, 0.6) is 0 Å². The molecule has 0 atom stereocenters. The summed E-state index contributed by atoms with van der Waals surface area (Å²) in [4.78, 5) is 32.5. The number of hydrogen-bond donors (Lipinski definition) is 0. The Kier molecular flexibility index (Phi) is 14.7. The van der Waals surface area contributed by atoms with Crippen LogP contribution in [0.3, 0.4) is 0 Å². The predicted molar refractivity (Wildman–Crippen MR) is 124 cm³/mol. The molecule has 2 aromatic rings. The number of allylic oxidation sites excluding steroid dienone is 2. The van der Waals surface area contributed by atoms with E-state index in [-0.39, 0.29) is 23.8 Å². The molecule has 0 unspecified atom stereocenters. The molecule has 1 fully saturated rings. The molecular weight excluding hydrogens is 514 g/mol. The van der Waals surface area contributed by atoms with Crippen molar-refractivity contribution in [1.29, 1.82) is 0 Å². The molecule has 4 nitrogen and oxygen atoms in total. The normalized spacial score (nSPS) is 14.9. The lowest BCUT2D eigenvalue weighted by molar-refractivity contribution is -0.193. The van der Waals surface area contributed by atoms with Gasteiger partial charge in [-0.2, -0.15) is 19.2 Å². The van der Waals surface area contributed by atoms with Crippen LogP contribution < -0.4 is 0 Å². The Hall–Kier alpha value is -3.48. The average Bonchev–Trinajstić information content (AvgIpc) is 2.90. The lowest BCUT2D eigenvalue weighted by Gasteiger charge is -2.22. The van der Waals surface area contributed by atoms with Crippen molar-refractivity contribution in [3.8, 4) is 0 Å². The minimum absolute atomic E-state index is 0.0637. The van der Waals surface area contributed by atoms with Gasteiger partial charge in [-0.15, -0.1) is 0 Å². The standard InChI is InChI=1S/C14H15F3.C12H13F3.2CO2/c1-2-9-5-3-4-6-10(9)11-7-13(16)14(17)8-12(11)15;13-10-7-12(15)11(14)6-9(10)8-4-2-1-3-5-8;2*2-1-3/h7-8H,2-6H2,1H3;6-8H,1-5H2;;. The van der Waals surface area contributed by atoms with Crippen LogP contribution in [-0.4, -0.2) is 12.3 Å². The Labute approximate surface area is 216 Å². The minimum atomic E-state index is -1.12. The van der Waals surface area contributed by atoms with E-state index in [1.54, 1.807) is 0 Å². The van der Waals surface area contributed by atoms with Crippen LogP contribution in [0.2, 0.25) is 0 Å². The molecule has 4 rings (SSSR count). The average molecular weight is 543 g/mol. The summed E-state index contributed by atoms with van der Waals surface area (Å²) < 4.78 is 78.8. The van der Waals surface area contributed by atoms with Crippen LogP contribution in [0.1, 0.15) is 88.2 Å². The molecule has 2 aromatic carbocycles. The lowest BCUT2D eigenvalue weighted by atomic mass is 9.84. The smallest absolute Gasteiger partial charge is 0.207 e. The maximum atomic E-state index is 13.7. The van der Waals surface area contributed by atoms with Gasteiger partial charge in [-0.1, -0.05) is 31.8 Å². The van der Waals surface area contributed by atoms with E-state index in [1.165, 1.54) is 5.57 Å². The number of hydrogen-bond acceptors (Lipinski definition) is 4. The van der Waals surface area contributed by atoms with Gasteiger partial charge in [0.25, 0.3) is 0 Å². The number of benzene rings is 2. The maximum Gasteiger partial charge on any atom is 0.373 e. The van der Waals surface area contributed by atoms with Crippen molar-refractivity contribution in [2.24, 2.45) is 0 Å². The summed E-state index contributed by atoms with van der Waals surface area (Å²) in [5.41, 5.74) is 2.62. The molecular formula is C28H28F6O4. The summed E-state index contributed by atoms with van der Waals surface area (Å²) in [6.45, 7) is 2.01. The Morgan fingerprint density at radius 1 is 0.632 bits per heavy atom. The Morgan fingerprint density at radius 2 is 1.11 bits per heavy atom. The summed E-state index contributed by atoms with van der Waals surface area (Å²) in [7, 11) is 0. The third-order valence-electron chi connectivity index (χ3n) is 6.43. The van der Waals surface area contributed by atoms with Gasteiger partial charge in [0.1, 0.15) is 11.6 Å². The van der Waals surface area contributed by atoms with E-state index in [4.69, 9.17) is 19.2 Å². The molecule has 206 valence electrons. The van der Waals surface area contributed by atoms with E-state index < -0.39 is 34.9 Å². The zero-order valence-electron chi connectivity index (χ0n) is 20.9. The molecule has 0 N–H and O–H groups in total. The van der Waals surface area contributed by atoms with Crippen LogP contribution in [0.4, 0.5) is 26.3 Å². The molecule has 0 heterocycles. The Bertz CT molecular complexity index is 1150. The Morgan fingerprint density at radius 3 is 1.66 bits per heavy atom. The van der Waals surface area contributed by atoms with E-state index in [0.717, 1.165) is 81.9 Å². The van der Waals surface area contributed by atoms with Crippen molar-refractivity contribution in [2.45, 2.75) is 77.0 Å². The van der Waals surface area contributed by atoms with Gasteiger partial charge in [-0.3, -0.25) is 0 Å². The molecule has 38 heavy (non-hydrogen) atoms. The molecule has 0 saturated heterocycles. The van der Waals surface area contributed by atoms with Crippen molar-refractivity contribution in [2.75, 3.05) is 0 Å². The van der Waals surface area contributed by atoms with Gasteiger partial charge < -0.3 is 0 Å². The zero-order chi connectivity index (χ0) is 28.7. The molecule has 0 amide bonds. The molecule has 0 spiro atoms. The predicted octanol–water partition coefficient (Wildman–Crippen LogP) is 7.83. The van der Waals surface area contributed by atoms with Crippen molar-refractivity contribution in [3.63, 3.8) is 0 Å². The minimum Gasteiger partial charge on any atom is -0.207 e. The molecule has 0 aromatic heterocycles. The van der Waals surface area contributed by atoms with E-state index in [2.05, 4.69) is 0 Å². The highest BCUT2D eigenvalue weighted by atomic mass is 19.2. The topological polar surface area (TPSA) is 68.3 Å². The van der Waals surface area contributed by atoms with E-state index in [9.17, 15) is 26.3 Å². The van der Waals surface area contributed by atoms with Crippen LogP contribution >= 0.6 is 0 Å².